The van der Waals surface area contributed by atoms with Crippen LogP contribution in [-0.4, -0.2) is 24.1 Å². The van der Waals surface area contributed by atoms with Gasteiger partial charge in [0.15, 0.2) is 12.2 Å². The van der Waals surface area contributed by atoms with Gasteiger partial charge < -0.3 is 9.47 Å². The van der Waals surface area contributed by atoms with E-state index >= 15 is 0 Å². The summed E-state index contributed by atoms with van der Waals surface area (Å²) in [6.07, 6.45) is -1.51. The summed E-state index contributed by atoms with van der Waals surface area (Å²) in [6, 6.07) is 27.5. The predicted octanol–water partition coefficient (Wildman–Crippen LogP) is 10.9. The number of carbonyl (C=O) groups excluding carboxylic acids is 2. The van der Waals surface area contributed by atoms with Crippen LogP contribution in [0.2, 0.25) is 0 Å². The maximum atomic E-state index is 14.2. The summed E-state index contributed by atoms with van der Waals surface area (Å²) in [5.74, 6) is -1.56. The zero-order valence-corrected chi connectivity index (χ0v) is 32.0. The molecule has 0 saturated heterocycles. The Labute approximate surface area is 299 Å². The monoisotopic (exact) mass is 670 g/mol. The molecule has 4 aromatic rings. The largest absolute Gasteiger partial charge is 0.454 e. The van der Waals surface area contributed by atoms with Crippen LogP contribution in [0.5, 0.6) is 0 Å². The van der Waals surface area contributed by atoms with Gasteiger partial charge in [-0.15, -0.1) is 0 Å². The van der Waals surface area contributed by atoms with E-state index in [0.29, 0.717) is 11.1 Å². The Balaban J connectivity index is 1.76. The lowest BCUT2D eigenvalue weighted by molar-refractivity contribution is -0.0566. The lowest BCUT2D eigenvalue weighted by Crippen LogP contribution is -2.54. The van der Waals surface area contributed by atoms with E-state index in [1.54, 1.807) is 24.3 Å². The number of rotatable bonds is 4. The average Bonchev–Trinajstić information content (AvgIpc) is 3.03. The fourth-order valence-electron chi connectivity index (χ4n) is 8.36. The molecular formula is C46H54O4. The second kappa shape index (κ2) is 12.2. The molecular weight excluding hydrogens is 617 g/mol. The maximum Gasteiger partial charge on any atom is 0.338 e. The zero-order chi connectivity index (χ0) is 36.6. The molecule has 0 spiro atoms. The number of fused-ring (bicyclic) bond motifs is 1. The van der Waals surface area contributed by atoms with Crippen LogP contribution in [0.4, 0.5) is 0 Å². The van der Waals surface area contributed by atoms with Gasteiger partial charge in [0.1, 0.15) is 0 Å². The van der Waals surface area contributed by atoms with Crippen LogP contribution in [0.15, 0.2) is 84.9 Å². The van der Waals surface area contributed by atoms with E-state index in [1.165, 1.54) is 44.5 Å². The first-order valence-corrected chi connectivity index (χ1v) is 18.1. The van der Waals surface area contributed by atoms with Crippen molar-refractivity contribution in [3.05, 3.63) is 141 Å². The lowest BCUT2D eigenvalue weighted by atomic mass is 9.53. The molecule has 50 heavy (non-hydrogen) atoms. The van der Waals surface area contributed by atoms with E-state index in [-0.39, 0.29) is 33.5 Å². The second-order valence-corrected chi connectivity index (χ2v) is 18.4. The molecule has 0 aliphatic heterocycles. The van der Waals surface area contributed by atoms with Crippen molar-refractivity contribution in [1.82, 2.24) is 0 Å². The van der Waals surface area contributed by atoms with Crippen molar-refractivity contribution in [3.63, 3.8) is 0 Å². The van der Waals surface area contributed by atoms with Gasteiger partial charge in [-0.25, -0.2) is 9.59 Å². The van der Waals surface area contributed by atoms with E-state index in [4.69, 9.17) is 9.47 Å². The molecule has 0 N–H and O–H groups in total. The van der Waals surface area contributed by atoms with E-state index in [2.05, 4.69) is 107 Å². The van der Waals surface area contributed by atoms with Gasteiger partial charge in [0, 0.05) is 0 Å². The predicted molar refractivity (Wildman–Crippen MR) is 203 cm³/mol. The molecule has 2 atom stereocenters. The number of benzene rings is 4. The van der Waals surface area contributed by atoms with Crippen LogP contribution in [0.25, 0.3) is 0 Å². The van der Waals surface area contributed by atoms with Crippen LogP contribution in [0.1, 0.15) is 160 Å². The van der Waals surface area contributed by atoms with Crippen LogP contribution in [-0.2, 0) is 31.1 Å². The molecule has 4 nitrogen and oxygen atoms in total. The molecule has 3 aliphatic rings. The highest BCUT2D eigenvalue weighted by Crippen LogP contribution is 2.62. The van der Waals surface area contributed by atoms with Crippen molar-refractivity contribution in [1.29, 1.82) is 0 Å². The third-order valence-electron chi connectivity index (χ3n) is 10.5. The quantitative estimate of drug-likeness (QED) is 0.203. The standard InChI is InChI=1S/C46H54O4/c1-43(2,3)29-23-24-30(44(4,5)6)34-33(29)37-35-31(45(7,8)9)25-26-32(46(10,11)12)36(35)38(34)40(50-42(48)28-21-17-14-18-22-28)39(37)49-41(47)27-19-15-13-16-20-27/h13-26,37-40H,1-12H3. The molecule has 4 aromatic carbocycles. The summed E-state index contributed by atoms with van der Waals surface area (Å²) in [6.45, 7) is 27.1. The zero-order valence-electron chi connectivity index (χ0n) is 32.0. The Kier molecular flexibility index (Phi) is 8.73. The van der Waals surface area contributed by atoms with Gasteiger partial charge in [0.2, 0.25) is 0 Å². The molecule has 0 aromatic heterocycles. The van der Waals surface area contributed by atoms with E-state index in [9.17, 15) is 9.59 Å². The number of carbonyl (C=O) groups is 2. The Hall–Kier alpha value is -4.18. The summed E-state index contributed by atoms with van der Waals surface area (Å²) in [4.78, 5) is 28.3. The fraction of sp³-hybridized carbons (Fsp3) is 0.435. The summed E-state index contributed by atoms with van der Waals surface area (Å²) in [5, 5.41) is 0. The van der Waals surface area contributed by atoms with E-state index in [0.717, 1.165) is 0 Å². The lowest BCUT2D eigenvalue weighted by Gasteiger charge is -2.54. The Bertz CT molecular complexity index is 1700. The van der Waals surface area contributed by atoms with Crippen LogP contribution in [0.3, 0.4) is 0 Å². The number of hydrogen-bond acceptors (Lipinski definition) is 4. The minimum Gasteiger partial charge on any atom is -0.454 e. The molecule has 262 valence electrons. The minimum absolute atomic E-state index is 0.203. The Morgan fingerprint density at radius 3 is 0.860 bits per heavy atom. The third-order valence-corrected chi connectivity index (χ3v) is 10.5. The van der Waals surface area contributed by atoms with Crippen LogP contribution in [0, 0.1) is 0 Å². The van der Waals surface area contributed by atoms with Gasteiger partial charge in [0.05, 0.1) is 23.0 Å². The molecule has 3 aliphatic carbocycles. The minimum atomic E-state index is -0.756. The molecule has 7 rings (SSSR count). The van der Waals surface area contributed by atoms with Gasteiger partial charge in [0.25, 0.3) is 0 Å². The SMILES string of the molecule is CC(C)(C)c1ccc(C(C)(C)C)c2c1C1c3c(C(C)(C)C)ccc(C(C)(C)C)c3C2C(OC(=O)c2ccccc2)C1OC(=O)c1ccccc1. The first-order chi connectivity index (χ1) is 23.2. The highest BCUT2D eigenvalue weighted by atomic mass is 16.6. The summed E-state index contributed by atoms with van der Waals surface area (Å²) in [5.41, 5.74) is 9.94. The molecule has 0 heterocycles. The van der Waals surface area contributed by atoms with Crippen molar-refractivity contribution >= 4 is 11.9 Å². The van der Waals surface area contributed by atoms with Crippen LogP contribution < -0.4 is 0 Å². The molecule has 2 unspecified atom stereocenters. The van der Waals surface area contributed by atoms with Gasteiger partial charge in [-0.1, -0.05) is 144 Å². The third kappa shape index (κ3) is 6.20. The number of hydrogen-bond donors (Lipinski definition) is 0. The molecule has 0 radical (unpaired) electrons. The van der Waals surface area contributed by atoms with Crippen molar-refractivity contribution in [2.45, 2.75) is 129 Å². The molecule has 2 bridgehead atoms. The number of esters is 2. The van der Waals surface area contributed by atoms with Gasteiger partial charge in [-0.2, -0.15) is 0 Å². The van der Waals surface area contributed by atoms with E-state index < -0.39 is 24.1 Å². The summed E-state index contributed by atoms with van der Waals surface area (Å²) >= 11 is 0. The van der Waals surface area contributed by atoms with Crippen molar-refractivity contribution in [3.8, 4) is 0 Å². The summed E-state index contributed by atoms with van der Waals surface area (Å²) < 4.78 is 13.5. The topological polar surface area (TPSA) is 52.6 Å². The number of ether oxygens (including phenoxy) is 2. The average molecular weight is 671 g/mol. The van der Waals surface area contributed by atoms with Crippen molar-refractivity contribution in [2.75, 3.05) is 0 Å². The van der Waals surface area contributed by atoms with Gasteiger partial charge in [-0.3, -0.25) is 0 Å². The van der Waals surface area contributed by atoms with E-state index in [1.807, 2.05) is 36.4 Å². The van der Waals surface area contributed by atoms with Crippen molar-refractivity contribution in [2.24, 2.45) is 0 Å². The highest BCUT2D eigenvalue weighted by molar-refractivity contribution is 5.91. The maximum absolute atomic E-state index is 14.2. The molecule has 0 saturated carbocycles. The smallest absolute Gasteiger partial charge is 0.338 e. The second-order valence-electron chi connectivity index (χ2n) is 18.4. The first-order valence-electron chi connectivity index (χ1n) is 18.1. The molecule has 0 fully saturated rings. The van der Waals surface area contributed by atoms with Crippen LogP contribution >= 0.6 is 0 Å². The fourth-order valence-corrected chi connectivity index (χ4v) is 8.36. The van der Waals surface area contributed by atoms with Gasteiger partial charge in [-0.05, 0) is 90.4 Å². The molecule has 0 amide bonds. The highest BCUT2D eigenvalue weighted by Gasteiger charge is 2.58. The normalized spacial score (nSPS) is 20.2. The Morgan fingerprint density at radius 2 is 0.640 bits per heavy atom. The first kappa shape index (κ1) is 35.6. The van der Waals surface area contributed by atoms with Crippen molar-refractivity contribution < 1.29 is 19.1 Å². The summed E-state index contributed by atoms with van der Waals surface area (Å²) in [7, 11) is 0. The Morgan fingerprint density at radius 1 is 0.400 bits per heavy atom. The van der Waals surface area contributed by atoms with Gasteiger partial charge >= 0.3 is 11.9 Å². The molecule has 4 heteroatoms.